The van der Waals surface area contributed by atoms with Crippen molar-refractivity contribution >= 4 is 26.0 Å². The number of H-pyrrole nitrogens is 1. The van der Waals surface area contributed by atoms with Gasteiger partial charge >= 0.3 is 5.69 Å². The highest BCUT2D eigenvalue weighted by Crippen LogP contribution is 2.41. The molecule has 11 heteroatoms. The molecule has 5 rings (SSSR count). The Kier molecular flexibility index (Phi) is 8.20. The summed E-state index contributed by atoms with van der Waals surface area (Å²) in [4.78, 5) is 27.0. The van der Waals surface area contributed by atoms with Crippen LogP contribution in [-0.2, 0) is 29.4 Å². The maximum Gasteiger partial charge on any atom is 0.332 e. The van der Waals surface area contributed by atoms with E-state index < -0.39 is 39.2 Å². The van der Waals surface area contributed by atoms with Crippen LogP contribution < -0.4 is 11.2 Å². The molecule has 0 spiro atoms. The number of halogens is 1. The number of benzene rings is 3. The average Bonchev–Trinajstić information content (AvgIpc) is 3.37. The largest absolute Gasteiger partial charge is 0.373 e. The van der Waals surface area contributed by atoms with Crippen LogP contribution in [0.2, 0.25) is 0 Å². The van der Waals surface area contributed by atoms with Crippen LogP contribution in [0.5, 0.6) is 0 Å². The summed E-state index contributed by atoms with van der Waals surface area (Å²) in [6.07, 6.45) is 1.56. The van der Waals surface area contributed by atoms with Gasteiger partial charge in [-0.1, -0.05) is 72.8 Å². The number of hydrogen-bond acceptors (Lipinski definition) is 7. The Balaban J connectivity index is 1.66. The molecule has 0 radical (unpaired) electrons. The fourth-order valence-electron chi connectivity index (χ4n) is 4.94. The van der Waals surface area contributed by atoms with Crippen LogP contribution in [0, 0.1) is 0 Å². The number of aromatic amines is 1. The minimum atomic E-state index is -3.69. The van der Waals surface area contributed by atoms with Crippen molar-refractivity contribution in [1.29, 1.82) is 0 Å². The van der Waals surface area contributed by atoms with Crippen molar-refractivity contribution < 1.29 is 22.1 Å². The van der Waals surface area contributed by atoms with Gasteiger partial charge in [-0.25, -0.2) is 4.79 Å². The summed E-state index contributed by atoms with van der Waals surface area (Å²) in [5, 5.41) is 0. The highest BCUT2D eigenvalue weighted by molar-refractivity contribution is 9.10. The van der Waals surface area contributed by atoms with E-state index in [-0.39, 0.29) is 11.1 Å². The topological polar surface area (TPSA) is 117 Å². The first-order valence-electron chi connectivity index (χ1n) is 12.5. The normalized spacial score (nSPS) is 17.6. The number of aromatic nitrogens is 2. The van der Waals surface area contributed by atoms with Gasteiger partial charge in [-0.2, -0.15) is 8.42 Å². The van der Waals surface area contributed by atoms with Crippen molar-refractivity contribution in [2.45, 2.75) is 24.2 Å². The van der Waals surface area contributed by atoms with Gasteiger partial charge in [0.15, 0.2) is 0 Å². The Morgan fingerprint density at radius 1 is 0.975 bits per heavy atom. The predicted molar refractivity (Wildman–Crippen MR) is 153 cm³/mol. The molecule has 3 aromatic carbocycles. The van der Waals surface area contributed by atoms with Crippen molar-refractivity contribution in [1.82, 2.24) is 9.55 Å². The first-order valence-corrected chi connectivity index (χ1v) is 15.2. The lowest BCUT2D eigenvalue weighted by molar-refractivity contribution is -0.0649. The van der Waals surface area contributed by atoms with Gasteiger partial charge in [-0.05, 0) is 44.8 Å². The molecule has 0 saturated carbocycles. The molecule has 1 fully saturated rings. The smallest absolute Gasteiger partial charge is 0.332 e. The van der Waals surface area contributed by atoms with Gasteiger partial charge in [-0.3, -0.25) is 18.5 Å². The third kappa shape index (κ3) is 5.89. The lowest BCUT2D eigenvalue weighted by Gasteiger charge is -2.37. The van der Waals surface area contributed by atoms with Crippen molar-refractivity contribution in [3.8, 4) is 5.69 Å². The lowest BCUT2D eigenvalue weighted by Crippen LogP contribution is -2.39. The number of hydrogen-bond donors (Lipinski definition) is 1. The summed E-state index contributed by atoms with van der Waals surface area (Å²) in [6, 6.07) is 26.5. The second kappa shape index (κ2) is 11.6. The molecule has 2 atom stereocenters. The molecule has 0 bridgehead atoms. The van der Waals surface area contributed by atoms with Crippen LogP contribution in [0.15, 0.2) is 105 Å². The highest BCUT2D eigenvalue weighted by atomic mass is 79.9. The Bertz CT molecular complexity index is 1670. The van der Waals surface area contributed by atoms with E-state index in [4.69, 9.17) is 13.7 Å². The third-order valence-electron chi connectivity index (χ3n) is 6.70. The van der Waals surface area contributed by atoms with Gasteiger partial charge in [0, 0.05) is 19.2 Å². The van der Waals surface area contributed by atoms with Crippen molar-refractivity contribution in [2.75, 3.05) is 19.5 Å². The first-order chi connectivity index (χ1) is 19.2. The number of rotatable bonds is 9. The molecule has 40 heavy (non-hydrogen) atoms. The Labute approximate surface area is 239 Å². The molecule has 1 saturated heterocycles. The SMILES string of the molecule is CS(=O)(=O)OC1CCOC1COC(c1ccccc1)(c1ccccc1)c1cccc(-n2cc(Br)c(=O)[nH]c2=O)c1. The summed E-state index contributed by atoms with van der Waals surface area (Å²) in [5.41, 5.74) is 0.551. The van der Waals surface area contributed by atoms with Crippen LogP contribution in [0.25, 0.3) is 5.69 Å². The van der Waals surface area contributed by atoms with Crippen molar-refractivity contribution in [3.05, 3.63) is 133 Å². The molecule has 9 nitrogen and oxygen atoms in total. The van der Waals surface area contributed by atoms with E-state index in [1.54, 1.807) is 6.07 Å². The van der Waals surface area contributed by atoms with Crippen LogP contribution in [0.3, 0.4) is 0 Å². The number of nitrogens with one attached hydrogen (secondary N) is 1. The fourth-order valence-corrected chi connectivity index (χ4v) is 5.91. The molecule has 4 aromatic rings. The van der Waals surface area contributed by atoms with E-state index in [1.165, 1.54) is 10.8 Å². The Morgan fingerprint density at radius 2 is 1.60 bits per heavy atom. The summed E-state index contributed by atoms with van der Waals surface area (Å²) >= 11 is 3.20. The minimum Gasteiger partial charge on any atom is -0.373 e. The van der Waals surface area contributed by atoms with Gasteiger partial charge in [0.25, 0.3) is 15.7 Å². The third-order valence-corrected chi connectivity index (χ3v) is 7.86. The first kappa shape index (κ1) is 28.2. The lowest BCUT2D eigenvalue weighted by atomic mass is 9.79. The summed E-state index contributed by atoms with van der Waals surface area (Å²) in [5.74, 6) is 0. The second-order valence-electron chi connectivity index (χ2n) is 9.42. The van der Waals surface area contributed by atoms with E-state index in [2.05, 4.69) is 20.9 Å². The Morgan fingerprint density at radius 3 is 2.23 bits per heavy atom. The molecule has 0 amide bonds. The molecule has 1 aliphatic rings. The summed E-state index contributed by atoms with van der Waals surface area (Å²) in [7, 11) is -3.69. The van der Waals surface area contributed by atoms with Crippen molar-refractivity contribution in [2.24, 2.45) is 0 Å². The Hall–Kier alpha value is -3.35. The van der Waals surface area contributed by atoms with Gasteiger partial charge in [0.05, 0.1) is 23.0 Å². The van der Waals surface area contributed by atoms with Crippen molar-refractivity contribution in [3.63, 3.8) is 0 Å². The minimum absolute atomic E-state index is 0.0261. The van der Waals surface area contributed by atoms with E-state index in [0.29, 0.717) is 24.3 Å². The van der Waals surface area contributed by atoms with E-state index in [9.17, 15) is 18.0 Å². The van der Waals surface area contributed by atoms with Crippen LogP contribution >= 0.6 is 15.9 Å². The molecular formula is C29H27BrN2O7S. The van der Waals surface area contributed by atoms with Gasteiger partial charge in [0.2, 0.25) is 0 Å². The molecule has 0 aliphatic carbocycles. The molecular weight excluding hydrogens is 600 g/mol. The van der Waals surface area contributed by atoms with E-state index >= 15 is 0 Å². The number of ether oxygens (including phenoxy) is 2. The molecule has 1 aliphatic heterocycles. The van der Waals surface area contributed by atoms with Gasteiger partial charge in [0.1, 0.15) is 17.8 Å². The van der Waals surface area contributed by atoms with E-state index in [0.717, 1.165) is 17.4 Å². The van der Waals surface area contributed by atoms with E-state index in [1.807, 2.05) is 78.9 Å². The molecule has 2 unspecified atom stereocenters. The predicted octanol–water partition coefficient (Wildman–Crippen LogP) is 3.73. The standard InChI is InChI=1S/C29H27BrN2O7S/c1-40(35,36)39-25-15-16-37-26(25)19-38-29(20-9-4-2-5-10-20,21-11-6-3-7-12-21)22-13-8-14-23(17-22)32-18-24(30)27(33)31-28(32)34/h2-14,17-18,25-26H,15-16,19H2,1H3,(H,31,33,34). The zero-order valence-electron chi connectivity index (χ0n) is 21.5. The highest BCUT2D eigenvalue weighted by Gasteiger charge is 2.41. The van der Waals surface area contributed by atoms with Gasteiger partial charge in [-0.15, -0.1) is 0 Å². The quantitative estimate of drug-likeness (QED) is 0.222. The van der Waals surface area contributed by atoms with Crippen LogP contribution in [-0.4, -0.2) is 49.6 Å². The second-order valence-corrected chi connectivity index (χ2v) is 11.9. The zero-order chi connectivity index (χ0) is 28.3. The zero-order valence-corrected chi connectivity index (χ0v) is 23.9. The monoisotopic (exact) mass is 626 g/mol. The maximum absolute atomic E-state index is 12.7. The maximum atomic E-state index is 12.7. The average molecular weight is 628 g/mol. The number of nitrogens with zero attached hydrogens (tertiary/aromatic N) is 1. The summed E-state index contributed by atoms with van der Waals surface area (Å²) < 4.78 is 43.3. The molecule has 1 N–H and O–H groups in total. The van der Waals surface area contributed by atoms with Crippen LogP contribution in [0.4, 0.5) is 0 Å². The molecule has 1 aromatic heterocycles. The fraction of sp³-hybridized carbons (Fsp3) is 0.241. The molecule has 208 valence electrons. The van der Waals surface area contributed by atoms with Gasteiger partial charge < -0.3 is 9.47 Å². The molecule has 2 heterocycles. The summed E-state index contributed by atoms with van der Waals surface area (Å²) in [6.45, 7) is 0.371. The van der Waals surface area contributed by atoms with Crippen LogP contribution in [0.1, 0.15) is 23.1 Å².